The van der Waals surface area contributed by atoms with Crippen molar-refractivity contribution in [3.05, 3.63) is 51.8 Å². The molecule has 0 aromatic heterocycles. The molecule has 6 heteroatoms. The summed E-state index contributed by atoms with van der Waals surface area (Å²) in [6.45, 7) is 5.25. The van der Waals surface area contributed by atoms with Crippen molar-refractivity contribution < 1.29 is 23.8 Å². The molecule has 0 bridgehead atoms. The van der Waals surface area contributed by atoms with Gasteiger partial charge in [0.05, 0.1) is 24.3 Å². The number of Topliss-reactive ketones (excluding diaryl/α,β-unsaturated/α-hetero) is 1. The summed E-state index contributed by atoms with van der Waals surface area (Å²) < 4.78 is 24.0. The maximum Gasteiger partial charge on any atom is 0.205 e. The van der Waals surface area contributed by atoms with E-state index in [0.29, 0.717) is 12.0 Å². The second-order valence-electron chi connectivity index (χ2n) is 6.17. The Labute approximate surface area is 157 Å². The molecule has 0 radical (unpaired) electrons. The van der Waals surface area contributed by atoms with Crippen LogP contribution in [0.4, 0.5) is 4.39 Å². The third kappa shape index (κ3) is 4.10. The molecular weight excluding hydrogens is 359 g/mol. The highest BCUT2D eigenvalue weighted by Crippen LogP contribution is 2.47. The fraction of sp³-hybridized carbons (Fsp3) is 0.350. The summed E-state index contributed by atoms with van der Waals surface area (Å²) in [5.41, 5.74) is 1.55. The average molecular weight is 381 g/mol. The number of phenols is 1. The van der Waals surface area contributed by atoms with Crippen LogP contribution >= 0.6 is 11.6 Å². The Morgan fingerprint density at radius 1 is 1.27 bits per heavy atom. The highest BCUT2D eigenvalue weighted by molar-refractivity contribution is 6.34. The molecule has 0 heterocycles. The Balaban J connectivity index is 2.21. The van der Waals surface area contributed by atoms with E-state index in [1.165, 1.54) is 26.2 Å². The minimum absolute atomic E-state index is 0.0552. The van der Waals surface area contributed by atoms with Crippen molar-refractivity contribution in [2.24, 2.45) is 0 Å². The molecule has 1 unspecified atom stereocenters. The molecule has 0 aliphatic carbocycles. The van der Waals surface area contributed by atoms with Gasteiger partial charge in [-0.1, -0.05) is 30.7 Å². The molecule has 0 aliphatic rings. The summed E-state index contributed by atoms with van der Waals surface area (Å²) in [7, 11) is 1.42. The number of hydrogen-bond donors (Lipinski definition) is 1. The van der Waals surface area contributed by atoms with Gasteiger partial charge in [0.2, 0.25) is 5.75 Å². The first kappa shape index (κ1) is 20.0. The number of ether oxygens (including phenoxy) is 2. The third-order valence-corrected chi connectivity index (χ3v) is 4.81. The van der Waals surface area contributed by atoms with Crippen LogP contribution in [0.3, 0.4) is 0 Å². The minimum atomic E-state index is -0.311. The van der Waals surface area contributed by atoms with Gasteiger partial charge in [0.15, 0.2) is 17.3 Å². The molecule has 1 N–H and O–H groups in total. The van der Waals surface area contributed by atoms with Crippen molar-refractivity contribution >= 4 is 17.4 Å². The van der Waals surface area contributed by atoms with Gasteiger partial charge in [-0.25, -0.2) is 4.39 Å². The number of carbonyl (C=O) groups excluding carboxylic acids is 1. The zero-order valence-electron chi connectivity index (χ0n) is 15.2. The maximum atomic E-state index is 13.0. The fourth-order valence-electron chi connectivity index (χ4n) is 2.82. The predicted octanol–water partition coefficient (Wildman–Crippen LogP) is 5.28. The molecule has 4 nitrogen and oxygen atoms in total. The van der Waals surface area contributed by atoms with Crippen LogP contribution in [0.15, 0.2) is 24.3 Å². The van der Waals surface area contributed by atoms with Crippen LogP contribution in [0.5, 0.6) is 17.2 Å². The molecule has 26 heavy (non-hydrogen) atoms. The molecular formula is C20H22ClFO4. The molecule has 2 aromatic rings. The number of ketones is 1. The van der Waals surface area contributed by atoms with Crippen LogP contribution in [0.1, 0.15) is 47.7 Å². The monoisotopic (exact) mass is 380 g/mol. The molecule has 0 amide bonds. The largest absolute Gasteiger partial charge is 0.504 e. The standard InChI is InChI=1S/C20H22ClFO4/c1-11(14-5-7-15(22)8-6-14)9-10-26-20-18(24)16(13(3)23)12(2)17(21)19(20)25-4/h5-8,11,24H,9-10H2,1-4H3. The van der Waals surface area contributed by atoms with E-state index in [1.807, 2.05) is 6.92 Å². The molecule has 0 spiro atoms. The minimum Gasteiger partial charge on any atom is -0.504 e. The lowest BCUT2D eigenvalue weighted by molar-refractivity contribution is 0.101. The number of benzene rings is 2. The smallest absolute Gasteiger partial charge is 0.205 e. The SMILES string of the molecule is COc1c(Cl)c(C)c(C(C)=O)c(O)c1OCCC(C)c1ccc(F)cc1. The summed E-state index contributed by atoms with van der Waals surface area (Å²) in [6, 6.07) is 6.30. The van der Waals surface area contributed by atoms with Crippen molar-refractivity contribution in [1.82, 2.24) is 0 Å². The van der Waals surface area contributed by atoms with Crippen LogP contribution in [0.2, 0.25) is 5.02 Å². The van der Waals surface area contributed by atoms with Crippen LogP contribution in [-0.2, 0) is 0 Å². The number of methoxy groups -OCH3 is 1. The molecule has 0 saturated carbocycles. The first-order chi connectivity index (χ1) is 12.3. The van der Waals surface area contributed by atoms with Gasteiger partial charge in [-0.05, 0) is 49.4 Å². The lowest BCUT2D eigenvalue weighted by Gasteiger charge is -2.19. The first-order valence-corrected chi connectivity index (χ1v) is 8.63. The van der Waals surface area contributed by atoms with E-state index in [1.54, 1.807) is 19.1 Å². The molecule has 1 atom stereocenters. The Kier molecular flexibility index (Phi) is 6.48. The van der Waals surface area contributed by atoms with E-state index < -0.39 is 0 Å². The average Bonchev–Trinajstić information content (AvgIpc) is 2.59. The number of phenolic OH excluding ortho intramolecular Hbond substituents is 1. The van der Waals surface area contributed by atoms with Gasteiger partial charge in [-0.15, -0.1) is 0 Å². The topological polar surface area (TPSA) is 55.8 Å². The zero-order valence-corrected chi connectivity index (χ0v) is 16.0. The number of halogens is 2. The molecule has 0 saturated heterocycles. The van der Waals surface area contributed by atoms with E-state index in [0.717, 1.165) is 5.56 Å². The van der Waals surface area contributed by atoms with Gasteiger partial charge in [-0.2, -0.15) is 0 Å². The lowest BCUT2D eigenvalue weighted by Crippen LogP contribution is -2.07. The molecule has 0 fully saturated rings. The molecule has 0 aliphatic heterocycles. The second-order valence-corrected chi connectivity index (χ2v) is 6.55. The van der Waals surface area contributed by atoms with Crippen molar-refractivity contribution in [3.8, 4) is 17.2 Å². The summed E-state index contributed by atoms with van der Waals surface area (Å²) >= 11 is 6.27. The maximum absolute atomic E-state index is 13.0. The van der Waals surface area contributed by atoms with Gasteiger partial charge < -0.3 is 14.6 Å². The predicted molar refractivity (Wildman–Crippen MR) is 99.3 cm³/mol. The van der Waals surface area contributed by atoms with E-state index in [-0.39, 0.29) is 52.0 Å². The van der Waals surface area contributed by atoms with Crippen LogP contribution in [0, 0.1) is 12.7 Å². The summed E-state index contributed by atoms with van der Waals surface area (Å²) in [6.07, 6.45) is 0.620. The molecule has 2 rings (SSSR count). The van der Waals surface area contributed by atoms with Gasteiger partial charge in [0.1, 0.15) is 5.82 Å². The Morgan fingerprint density at radius 2 is 1.88 bits per heavy atom. The Bertz CT molecular complexity index is 803. The Morgan fingerprint density at radius 3 is 2.42 bits per heavy atom. The van der Waals surface area contributed by atoms with Gasteiger partial charge in [0, 0.05) is 0 Å². The number of aromatic hydroxyl groups is 1. The van der Waals surface area contributed by atoms with E-state index in [4.69, 9.17) is 21.1 Å². The normalized spacial score (nSPS) is 11.9. The van der Waals surface area contributed by atoms with Crippen LogP contribution in [-0.4, -0.2) is 24.6 Å². The Hall–Kier alpha value is -2.27. The lowest BCUT2D eigenvalue weighted by atomic mass is 9.98. The summed E-state index contributed by atoms with van der Waals surface area (Å²) in [5.74, 6) is -0.490. The van der Waals surface area contributed by atoms with Crippen LogP contribution < -0.4 is 9.47 Å². The third-order valence-electron chi connectivity index (χ3n) is 4.35. The summed E-state index contributed by atoms with van der Waals surface area (Å²) in [4.78, 5) is 11.8. The number of rotatable bonds is 7. The quantitative estimate of drug-likeness (QED) is 0.664. The van der Waals surface area contributed by atoms with Crippen molar-refractivity contribution in [1.29, 1.82) is 0 Å². The van der Waals surface area contributed by atoms with Gasteiger partial charge in [0.25, 0.3) is 0 Å². The first-order valence-electron chi connectivity index (χ1n) is 8.26. The summed E-state index contributed by atoms with van der Waals surface area (Å²) in [5, 5.41) is 10.7. The van der Waals surface area contributed by atoms with E-state index in [9.17, 15) is 14.3 Å². The van der Waals surface area contributed by atoms with Gasteiger partial charge >= 0.3 is 0 Å². The van der Waals surface area contributed by atoms with Gasteiger partial charge in [-0.3, -0.25) is 4.79 Å². The zero-order chi connectivity index (χ0) is 19.4. The number of carbonyl (C=O) groups is 1. The highest BCUT2D eigenvalue weighted by atomic mass is 35.5. The van der Waals surface area contributed by atoms with E-state index >= 15 is 0 Å². The van der Waals surface area contributed by atoms with Crippen molar-refractivity contribution in [2.75, 3.05) is 13.7 Å². The van der Waals surface area contributed by atoms with Crippen molar-refractivity contribution in [2.45, 2.75) is 33.1 Å². The number of hydrogen-bond acceptors (Lipinski definition) is 4. The highest BCUT2D eigenvalue weighted by Gasteiger charge is 2.25. The fourth-order valence-corrected chi connectivity index (χ4v) is 3.08. The van der Waals surface area contributed by atoms with Crippen molar-refractivity contribution in [3.63, 3.8) is 0 Å². The molecule has 140 valence electrons. The second kappa shape index (κ2) is 8.41. The van der Waals surface area contributed by atoms with E-state index in [2.05, 4.69) is 0 Å². The molecule has 2 aromatic carbocycles. The van der Waals surface area contributed by atoms with Crippen LogP contribution in [0.25, 0.3) is 0 Å².